The minimum absolute atomic E-state index is 0. The third kappa shape index (κ3) is 4.43. The number of azo groups is 1. The number of fused-ring (bicyclic) bond motifs is 1. The molecule has 0 saturated heterocycles. The van der Waals surface area contributed by atoms with Crippen molar-refractivity contribution in [1.29, 1.82) is 0 Å². The van der Waals surface area contributed by atoms with Gasteiger partial charge in [-0.15, -0.1) is 10.2 Å². The quantitative estimate of drug-likeness (QED) is 0.274. The monoisotopic (exact) mass is 351 g/mol. The van der Waals surface area contributed by atoms with Crippen LogP contribution in [0.3, 0.4) is 0 Å². The molecule has 0 aliphatic rings. The van der Waals surface area contributed by atoms with E-state index in [0.717, 1.165) is 0 Å². The third-order valence-electron chi connectivity index (χ3n) is 2.50. The van der Waals surface area contributed by atoms with Crippen molar-refractivity contribution < 1.29 is 53.1 Å². The number of hydrogen-bond acceptors (Lipinski definition) is 6. The average Bonchev–Trinajstić information content (AvgIpc) is 2.36. The Labute approximate surface area is 153 Å². The van der Waals surface area contributed by atoms with Gasteiger partial charge >= 0.3 is 29.6 Å². The van der Waals surface area contributed by atoms with Crippen LogP contribution in [-0.4, -0.2) is 28.7 Å². The molecule has 0 fully saturated rings. The Kier molecular flexibility index (Phi) is 7.51. The zero-order valence-electron chi connectivity index (χ0n) is 11.3. The van der Waals surface area contributed by atoms with E-state index < -0.39 is 15.0 Å². The van der Waals surface area contributed by atoms with Crippen molar-refractivity contribution in [2.24, 2.45) is 16.0 Å². The van der Waals surface area contributed by atoms with Gasteiger partial charge in [-0.3, -0.25) is 0 Å². The number of phenols is 1. The van der Waals surface area contributed by atoms with E-state index in [0.29, 0.717) is 0 Å². The van der Waals surface area contributed by atoms with E-state index in [9.17, 15) is 18.1 Å². The van der Waals surface area contributed by atoms with E-state index in [1.54, 1.807) is 0 Å². The fourth-order valence-corrected chi connectivity index (χ4v) is 2.44. The first-order chi connectivity index (χ1) is 9.30. The standard InChI is InChI=1S/C11H9N3O4S2.Na.H2O/c12-11(19)14-13-8-5-4-6-7(10(8)15)2-1-3-9(6)20(16,17)18;;/h1-5,15H,(H2,12,19)(H,16,17,18);;1H2/q;+1;/p-1. The minimum atomic E-state index is -4.64. The molecule has 2 aromatic carbocycles. The summed E-state index contributed by atoms with van der Waals surface area (Å²) >= 11 is 4.52. The van der Waals surface area contributed by atoms with Crippen LogP contribution in [0.5, 0.6) is 5.75 Å². The first-order valence-corrected chi connectivity index (χ1v) is 7.04. The fourth-order valence-electron chi connectivity index (χ4n) is 1.70. The van der Waals surface area contributed by atoms with Gasteiger partial charge in [0.15, 0.2) is 5.75 Å². The predicted octanol–water partition coefficient (Wildman–Crippen LogP) is -2.04. The topological polar surface area (TPSA) is 160 Å². The van der Waals surface area contributed by atoms with Crippen molar-refractivity contribution in [3.8, 4) is 5.75 Å². The van der Waals surface area contributed by atoms with Crippen molar-refractivity contribution in [3.63, 3.8) is 0 Å². The van der Waals surface area contributed by atoms with Crippen LogP contribution in [0.1, 0.15) is 0 Å². The van der Waals surface area contributed by atoms with Crippen LogP contribution in [0.15, 0.2) is 45.5 Å². The molecule has 22 heavy (non-hydrogen) atoms. The largest absolute Gasteiger partial charge is 1.00 e. The van der Waals surface area contributed by atoms with Gasteiger partial charge in [-0.1, -0.05) is 18.2 Å². The molecule has 0 amide bonds. The second kappa shape index (κ2) is 7.92. The van der Waals surface area contributed by atoms with Crippen LogP contribution in [0.4, 0.5) is 5.69 Å². The molecular formula is C11H10N3NaO5S2. The smallest absolute Gasteiger partial charge is 0.744 e. The Morgan fingerprint density at radius 2 is 1.86 bits per heavy atom. The zero-order valence-corrected chi connectivity index (χ0v) is 15.0. The van der Waals surface area contributed by atoms with Crippen LogP contribution in [-0.2, 0) is 10.1 Å². The van der Waals surface area contributed by atoms with Gasteiger partial charge < -0.3 is 20.9 Å². The number of nitrogens with zero attached hydrogens (tertiary/aromatic N) is 2. The van der Waals surface area contributed by atoms with Crippen LogP contribution in [0.25, 0.3) is 10.8 Å². The molecule has 0 aliphatic heterocycles. The van der Waals surface area contributed by atoms with Gasteiger partial charge in [0.25, 0.3) is 0 Å². The normalized spacial score (nSPS) is 11.0. The van der Waals surface area contributed by atoms with Crippen molar-refractivity contribution in [2.45, 2.75) is 4.90 Å². The molecule has 5 N–H and O–H groups in total. The first kappa shape index (κ1) is 20.9. The molecule has 0 heterocycles. The van der Waals surface area contributed by atoms with Crippen LogP contribution < -0.4 is 35.3 Å². The van der Waals surface area contributed by atoms with E-state index in [4.69, 9.17) is 5.73 Å². The average molecular weight is 351 g/mol. The van der Waals surface area contributed by atoms with Gasteiger partial charge in [0, 0.05) is 10.8 Å². The molecule has 0 atom stereocenters. The second-order valence-corrected chi connectivity index (χ2v) is 5.54. The SMILES string of the molecule is NC(=S)N=Nc1ccc2c(S(=O)(=O)[O-])cccc2c1O.O.[Na+]. The van der Waals surface area contributed by atoms with Crippen LogP contribution in [0.2, 0.25) is 0 Å². The molecule has 8 nitrogen and oxygen atoms in total. The number of hydrogen-bond donors (Lipinski definition) is 2. The summed E-state index contributed by atoms with van der Waals surface area (Å²) in [5.74, 6) is -0.312. The summed E-state index contributed by atoms with van der Waals surface area (Å²) in [4.78, 5) is -0.414. The maximum absolute atomic E-state index is 11.1. The van der Waals surface area contributed by atoms with E-state index in [1.807, 2.05) is 0 Å². The Balaban J connectivity index is 0.00000220. The summed E-state index contributed by atoms with van der Waals surface area (Å²) in [5.41, 5.74) is 5.21. The molecule has 0 bridgehead atoms. The molecule has 0 aromatic heterocycles. The van der Waals surface area contributed by atoms with E-state index in [1.165, 1.54) is 30.3 Å². The number of aromatic hydroxyl groups is 1. The molecule has 11 heteroatoms. The van der Waals surface area contributed by atoms with Crippen molar-refractivity contribution in [1.82, 2.24) is 0 Å². The molecule has 0 unspecified atom stereocenters. The fraction of sp³-hybridized carbons (Fsp3) is 0. The summed E-state index contributed by atoms with van der Waals surface area (Å²) in [6, 6.07) is 6.64. The van der Waals surface area contributed by atoms with E-state index in [-0.39, 0.29) is 62.4 Å². The van der Waals surface area contributed by atoms with Crippen molar-refractivity contribution in [3.05, 3.63) is 30.3 Å². The van der Waals surface area contributed by atoms with Gasteiger partial charge in [0.1, 0.15) is 15.8 Å². The van der Waals surface area contributed by atoms with Crippen LogP contribution >= 0.6 is 12.2 Å². The van der Waals surface area contributed by atoms with Crippen molar-refractivity contribution in [2.75, 3.05) is 0 Å². The molecule has 112 valence electrons. The summed E-state index contributed by atoms with van der Waals surface area (Å²) in [6.07, 6.45) is 0. The van der Waals surface area contributed by atoms with Gasteiger partial charge in [0.05, 0.1) is 4.90 Å². The summed E-state index contributed by atoms with van der Waals surface area (Å²) in [5, 5.41) is 17.1. The summed E-state index contributed by atoms with van der Waals surface area (Å²) in [6.45, 7) is 0. The maximum Gasteiger partial charge on any atom is 1.00 e. The molecule has 0 spiro atoms. The van der Waals surface area contributed by atoms with Gasteiger partial charge in [-0.05, 0) is 24.4 Å². The van der Waals surface area contributed by atoms with Crippen LogP contribution in [0, 0.1) is 0 Å². The molecule has 0 saturated carbocycles. The molecule has 2 rings (SSSR count). The molecule has 0 aliphatic carbocycles. The predicted molar refractivity (Wildman–Crippen MR) is 78.5 cm³/mol. The number of benzene rings is 2. The number of thiocarbonyl (C=S) groups is 1. The van der Waals surface area contributed by atoms with E-state index in [2.05, 4.69) is 22.4 Å². The first-order valence-electron chi connectivity index (χ1n) is 5.22. The van der Waals surface area contributed by atoms with Crippen molar-refractivity contribution >= 4 is 43.9 Å². The Hall–Kier alpha value is -1.14. The number of rotatable bonds is 2. The Morgan fingerprint density at radius 3 is 2.41 bits per heavy atom. The van der Waals surface area contributed by atoms with E-state index >= 15 is 0 Å². The van der Waals surface area contributed by atoms with Gasteiger partial charge in [-0.2, -0.15) is 0 Å². The van der Waals surface area contributed by atoms with Gasteiger partial charge in [0.2, 0.25) is 5.11 Å². The molecule has 2 aromatic rings. The minimum Gasteiger partial charge on any atom is -0.744 e. The summed E-state index contributed by atoms with van der Waals surface area (Å²) < 4.78 is 33.4. The maximum atomic E-state index is 11.1. The van der Waals surface area contributed by atoms with Gasteiger partial charge in [-0.25, -0.2) is 8.42 Å². The zero-order chi connectivity index (χ0) is 14.9. The Morgan fingerprint density at radius 1 is 1.23 bits per heavy atom. The molecular weight excluding hydrogens is 341 g/mol. The molecule has 0 radical (unpaired) electrons. The number of phenolic OH excluding ortho intramolecular Hbond substituents is 1. The summed E-state index contributed by atoms with van der Waals surface area (Å²) in [7, 11) is -4.64. The second-order valence-electron chi connectivity index (χ2n) is 3.78. The Bertz CT molecular complexity index is 839. The number of nitrogens with two attached hydrogens (primary N) is 1. The third-order valence-corrected chi connectivity index (χ3v) is 3.47.